The molecule has 6 heteroatoms. The van der Waals surface area contributed by atoms with Crippen molar-refractivity contribution in [3.8, 4) is 0 Å². The lowest BCUT2D eigenvalue weighted by molar-refractivity contribution is -0.384. The second kappa shape index (κ2) is 3.75. The van der Waals surface area contributed by atoms with Crippen LogP contribution < -0.4 is 5.32 Å². The Hall–Kier alpha value is -1.20. The number of hydrogen-bond acceptors (Lipinski definition) is 4. The van der Waals surface area contributed by atoms with Gasteiger partial charge in [0.2, 0.25) is 0 Å². The van der Waals surface area contributed by atoms with Crippen molar-refractivity contribution in [3.63, 3.8) is 0 Å². The lowest BCUT2D eigenvalue weighted by atomic mass is 10.2. The molecule has 0 aromatic heterocycles. The molecule has 1 heterocycles. The van der Waals surface area contributed by atoms with Crippen molar-refractivity contribution in [2.24, 2.45) is 0 Å². The van der Waals surface area contributed by atoms with E-state index in [9.17, 15) is 10.1 Å². The summed E-state index contributed by atoms with van der Waals surface area (Å²) in [6.07, 6.45) is 1.75. The van der Waals surface area contributed by atoms with E-state index < -0.39 is 9.25 Å². The van der Waals surface area contributed by atoms with Crippen LogP contribution in [0.25, 0.3) is 0 Å². The van der Waals surface area contributed by atoms with Crippen LogP contribution in [0.5, 0.6) is 0 Å². The Labute approximate surface area is 95.5 Å². The zero-order chi connectivity index (χ0) is 10.9. The Bertz CT molecular complexity index is 411. The molecule has 0 radical (unpaired) electrons. The molecule has 1 unspecified atom stereocenters. The summed E-state index contributed by atoms with van der Waals surface area (Å²) in [5.41, 5.74) is 0.861. The van der Waals surface area contributed by atoms with Gasteiger partial charge in [-0.05, 0) is 17.5 Å². The summed E-state index contributed by atoms with van der Waals surface area (Å²) in [5.74, 6) is 0. The first-order chi connectivity index (χ1) is 7.12. The van der Waals surface area contributed by atoms with E-state index in [4.69, 9.17) is 11.6 Å². The number of hydrogen-bond donors (Lipinski definition) is 1. The van der Waals surface area contributed by atoms with Gasteiger partial charge in [0, 0.05) is 23.9 Å². The summed E-state index contributed by atoms with van der Waals surface area (Å²) in [6.45, 7) is 0. The summed E-state index contributed by atoms with van der Waals surface area (Å²) < 4.78 is -0.727. The van der Waals surface area contributed by atoms with Crippen LogP contribution in [0.4, 0.5) is 5.69 Å². The van der Waals surface area contributed by atoms with E-state index in [2.05, 4.69) is 5.32 Å². The molecule has 4 nitrogen and oxygen atoms in total. The van der Waals surface area contributed by atoms with E-state index in [1.54, 1.807) is 18.3 Å². The van der Waals surface area contributed by atoms with Gasteiger partial charge in [-0.2, -0.15) is 0 Å². The molecule has 1 aromatic carbocycles. The normalized spacial score (nSPS) is 23.8. The Kier molecular flexibility index (Phi) is 2.58. The number of non-ortho nitro benzene ring substituents is 1. The molecular formula is C9H7ClN2O2S. The van der Waals surface area contributed by atoms with Crippen LogP contribution in [0.2, 0.25) is 0 Å². The summed E-state index contributed by atoms with van der Waals surface area (Å²) in [5, 5.41) is 15.3. The molecular weight excluding hydrogens is 236 g/mol. The third-order valence-electron chi connectivity index (χ3n) is 2.02. The molecule has 2 rings (SSSR count). The molecule has 0 bridgehead atoms. The maximum Gasteiger partial charge on any atom is 0.269 e. The summed E-state index contributed by atoms with van der Waals surface area (Å²) in [7, 11) is 0. The average Bonchev–Trinajstić information content (AvgIpc) is 2.67. The van der Waals surface area contributed by atoms with Gasteiger partial charge in [0.15, 0.2) is 4.33 Å². The third kappa shape index (κ3) is 1.93. The van der Waals surface area contributed by atoms with E-state index in [0.717, 1.165) is 5.56 Å². The highest BCUT2D eigenvalue weighted by molar-refractivity contribution is 8.04. The number of benzene rings is 1. The Morgan fingerprint density at radius 3 is 2.53 bits per heavy atom. The van der Waals surface area contributed by atoms with Gasteiger partial charge < -0.3 is 5.32 Å². The molecule has 1 aliphatic rings. The highest BCUT2D eigenvalue weighted by Crippen LogP contribution is 2.42. The number of nitrogens with zero attached hydrogens (tertiary/aromatic N) is 1. The van der Waals surface area contributed by atoms with Crippen molar-refractivity contribution in [3.05, 3.63) is 51.6 Å². The first kappa shape index (κ1) is 10.3. The number of nitro benzene ring substituents is 1. The third-order valence-corrected chi connectivity index (χ3v) is 3.56. The van der Waals surface area contributed by atoms with Crippen LogP contribution in [0.1, 0.15) is 5.56 Å². The molecule has 0 spiro atoms. The van der Waals surface area contributed by atoms with Crippen LogP contribution in [0.3, 0.4) is 0 Å². The highest BCUT2D eigenvalue weighted by atomic mass is 35.5. The van der Waals surface area contributed by atoms with E-state index in [1.165, 1.54) is 23.9 Å². The fourth-order valence-corrected chi connectivity index (χ4v) is 2.33. The maximum absolute atomic E-state index is 10.5. The van der Waals surface area contributed by atoms with Crippen molar-refractivity contribution >= 4 is 29.1 Å². The topological polar surface area (TPSA) is 55.2 Å². The molecule has 0 saturated heterocycles. The molecule has 78 valence electrons. The number of nitrogens with one attached hydrogen (secondary N) is 1. The molecule has 0 aliphatic carbocycles. The molecule has 0 saturated carbocycles. The number of thioether (sulfide) groups is 1. The fourth-order valence-electron chi connectivity index (χ4n) is 1.25. The molecule has 1 N–H and O–H groups in total. The molecule has 1 aliphatic heterocycles. The summed E-state index contributed by atoms with van der Waals surface area (Å²) >= 11 is 7.66. The number of nitro groups is 1. The monoisotopic (exact) mass is 242 g/mol. The van der Waals surface area contributed by atoms with Gasteiger partial charge in [-0.3, -0.25) is 10.1 Å². The summed E-state index contributed by atoms with van der Waals surface area (Å²) in [4.78, 5) is 10.0. The lowest BCUT2D eigenvalue weighted by Gasteiger charge is -2.21. The van der Waals surface area contributed by atoms with Gasteiger partial charge in [-0.1, -0.05) is 23.4 Å². The quantitative estimate of drug-likeness (QED) is 0.375. The average molecular weight is 243 g/mol. The number of rotatable bonds is 2. The predicted molar refractivity (Wildman–Crippen MR) is 60.5 cm³/mol. The maximum atomic E-state index is 10.5. The SMILES string of the molecule is O=[N+]([O-])c1ccc(C2(Cl)NC=CS2)cc1. The standard InChI is InChI=1S/C9H7ClN2O2S/c10-9(11-5-6-15-9)7-1-3-8(4-2-7)12(13)14/h1-6,11H. The largest absolute Gasteiger partial charge is 0.360 e. The lowest BCUT2D eigenvalue weighted by Crippen LogP contribution is -2.25. The molecule has 0 fully saturated rings. The second-order valence-corrected chi connectivity index (χ2v) is 4.88. The van der Waals surface area contributed by atoms with Crippen molar-refractivity contribution in [2.75, 3.05) is 0 Å². The molecule has 0 amide bonds. The van der Waals surface area contributed by atoms with E-state index >= 15 is 0 Å². The van der Waals surface area contributed by atoms with Gasteiger partial charge in [-0.25, -0.2) is 0 Å². The van der Waals surface area contributed by atoms with Crippen LogP contribution in [-0.2, 0) is 4.33 Å². The van der Waals surface area contributed by atoms with Gasteiger partial charge in [0.1, 0.15) is 0 Å². The Morgan fingerprint density at radius 2 is 2.07 bits per heavy atom. The Balaban J connectivity index is 2.27. The van der Waals surface area contributed by atoms with Gasteiger partial charge in [0.05, 0.1) is 4.92 Å². The smallest absolute Gasteiger partial charge is 0.269 e. The minimum Gasteiger partial charge on any atom is -0.360 e. The zero-order valence-corrected chi connectivity index (χ0v) is 9.09. The van der Waals surface area contributed by atoms with Crippen LogP contribution >= 0.6 is 23.4 Å². The van der Waals surface area contributed by atoms with Gasteiger partial charge >= 0.3 is 0 Å². The van der Waals surface area contributed by atoms with Crippen LogP contribution in [-0.4, -0.2) is 4.92 Å². The van der Waals surface area contributed by atoms with Crippen molar-refractivity contribution in [1.29, 1.82) is 0 Å². The number of halogens is 1. The second-order valence-electron chi connectivity index (χ2n) is 2.96. The molecule has 1 atom stereocenters. The van der Waals surface area contributed by atoms with E-state index in [-0.39, 0.29) is 5.69 Å². The first-order valence-electron chi connectivity index (χ1n) is 4.16. The van der Waals surface area contributed by atoms with Gasteiger partial charge in [-0.15, -0.1) is 0 Å². The van der Waals surface area contributed by atoms with E-state index in [0.29, 0.717) is 0 Å². The minimum atomic E-state index is -0.727. The van der Waals surface area contributed by atoms with Crippen LogP contribution in [0, 0.1) is 10.1 Å². The van der Waals surface area contributed by atoms with Gasteiger partial charge in [0.25, 0.3) is 5.69 Å². The number of alkyl halides is 1. The van der Waals surface area contributed by atoms with Crippen molar-refractivity contribution in [2.45, 2.75) is 4.33 Å². The minimum absolute atomic E-state index is 0.0648. The fraction of sp³-hybridized carbons (Fsp3) is 0.111. The van der Waals surface area contributed by atoms with Crippen molar-refractivity contribution < 1.29 is 4.92 Å². The van der Waals surface area contributed by atoms with Crippen molar-refractivity contribution in [1.82, 2.24) is 5.32 Å². The molecule has 1 aromatic rings. The molecule has 15 heavy (non-hydrogen) atoms. The highest BCUT2D eigenvalue weighted by Gasteiger charge is 2.31. The predicted octanol–water partition coefficient (Wildman–Crippen LogP) is 2.75. The van der Waals surface area contributed by atoms with Crippen LogP contribution in [0.15, 0.2) is 35.9 Å². The van der Waals surface area contributed by atoms with E-state index in [1.807, 2.05) is 5.41 Å². The zero-order valence-electron chi connectivity index (χ0n) is 7.51. The Morgan fingerprint density at radius 1 is 1.40 bits per heavy atom. The first-order valence-corrected chi connectivity index (χ1v) is 5.42. The summed E-state index contributed by atoms with van der Waals surface area (Å²) in [6, 6.07) is 6.19.